The summed E-state index contributed by atoms with van der Waals surface area (Å²) in [6.45, 7) is 7.58. The van der Waals surface area contributed by atoms with Gasteiger partial charge in [0.1, 0.15) is 5.82 Å². The molecular formula is C25H35ClN6O4S. The lowest BCUT2D eigenvalue weighted by molar-refractivity contribution is 0.0596. The number of methoxy groups -OCH3 is 1. The molecule has 202 valence electrons. The van der Waals surface area contributed by atoms with Gasteiger partial charge in [-0.3, -0.25) is 19.5 Å². The number of sulfonamides is 1. The maximum atomic E-state index is 11.6. The molecule has 0 aliphatic carbocycles. The summed E-state index contributed by atoms with van der Waals surface area (Å²) in [5.41, 5.74) is 1.78. The number of ether oxygens (including phenoxy) is 1. The van der Waals surface area contributed by atoms with Gasteiger partial charge >= 0.3 is 5.97 Å². The second kappa shape index (κ2) is 11.9. The van der Waals surface area contributed by atoms with E-state index in [4.69, 9.17) is 16.3 Å². The van der Waals surface area contributed by atoms with Gasteiger partial charge in [-0.2, -0.15) is 0 Å². The predicted molar refractivity (Wildman–Crippen MR) is 145 cm³/mol. The molecule has 0 radical (unpaired) electrons. The molecule has 0 saturated carbocycles. The molecule has 2 saturated heterocycles. The van der Waals surface area contributed by atoms with Gasteiger partial charge in [0.25, 0.3) is 0 Å². The highest BCUT2D eigenvalue weighted by atomic mass is 35.5. The van der Waals surface area contributed by atoms with Crippen LogP contribution in [0.5, 0.6) is 0 Å². The zero-order valence-corrected chi connectivity index (χ0v) is 23.1. The number of piperidine rings is 1. The van der Waals surface area contributed by atoms with Crippen LogP contribution >= 0.6 is 11.6 Å². The number of pyridine rings is 2. The number of nitrogens with zero attached hydrogens (tertiary/aromatic N) is 5. The number of halogens is 1. The SMILES string of the molecule is CC[C@H]1CN(c2ncc(NS(C)(=O)=O)cc2Cl)CCN1C1CCN(Cc2ccc(C(=O)OC)cn2)CC1. The van der Waals surface area contributed by atoms with Gasteiger partial charge in [0, 0.05) is 57.5 Å². The van der Waals surface area contributed by atoms with Crippen molar-refractivity contribution in [2.24, 2.45) is 0 Å². The summed E-state index contributed by atoms with van der Waals surface area (Å²) >= 11 is 6.50. The highest BCUT2D eigenvalue weighted by Gasteiger charge is 2.34. The van der Waals surface area contributed by atoms with Gasteiger partial charge in [-0.05, 0) is 37.5 Å². The summed E-state index contributed by atoms with van der Waals surface area (Å²) in [5, 5.41) is 0.443. The second-order valence-corrected chi connectivity index (χ2v) is 11.8. The number of anilines is 2. The number of piperazine rings is 1. The molecule has 2 aromatic rings. The first-order valence-electron chi connectivity index (χ1n) is 12.6. The van der Waals surface area contributed by atoms with Crippen LogP contribution in [0, 0.1) is 0 Å². The lowest BCUT2D eigenvalue weighted by Crippen LogP contribution is -2.58. The average molecular weight is 551 g/mol. The van der Waals surface area contributed by atoms with Crippen molar-refractivity contribution in [3.05, 3.63) is 46.9 Å². The van der Waals surface area contributed by atoms with E-state index in [-0.39, 0.29) is 5.97 Å². The summed E-state index contributed by atoms with van der Waals surface area (Å²) in [5.74, 6) is 0.323. The third-order valence-corrected chi connectivity index (χ3v) is 7.97. The smallest absolute Gasteiger partial charge is 0.339 e. The topological polar surface area (TPSA) is 108 Å². The van der Waals surface area contributed by atoms with Gasteiger partial charge in [0.05, 0.1) is 41.5 Å². The van der Waals surface area contributed by atoms with Crippen LogP contribution in [0.4, 0.5) is 11.5 Å². The Morgan fingerprint density at radius 2 is 1.92 bits per heavy atom. The number of hydrogen-bond acceptors (Lipinski definition) is 9. The van der Waals surface area contributed by atoms with Gasteiger partial charge in [0.2, 0.25) is 10.0 Å². The van der Waals surface area contributed by atoms with Gasteiger partial charge < -0.3 is 9.64 Å². The molecule has 0 aromatic carbocycles. The van der Waals surface area contributed by atoms with Crippen molar-refractivity contribution in [1.29, 1.82) is 0 Å². The van der Waals surface area contributed by atoms with Crippen LogP contribution in [-0.2, 0) is 21.3 Å². The molecule has 4 rings (SSSR count). The lowest BCUT2D eigenvalue weighted by atomic mass is 9.98. The van der Waals surface area contributed by atoms with Crippen LogP contribution in [0.15, 0.2) is 30.6 Å². The van der Waals surface area contributed by atoms with Crippen molar-refractivity contribution in [3.8, 4) is 0 Å². The first-order chi connectivity index (χ1) is 17.7. The number of esters is 1. The van der Waals surface area contributed by atoms with Gasteiger partial charge in [0.15, 0.2) is 0 Å². The Morgan fingerprint density at radius 3 is 2.51 bits per heavy atom. The van der Waals surface area contributed by atoms with Crippen molar-refractivity contribution < 1.29 is 17.9 Å². The minimum atomic E-state index is -3.38. The maximum absolute atomic E-state index is 11.6. The van der Waals surface area contributed by atoms with Crippen LogP contribution < -0.4 is 9.62 Å². The number of hydrogen-bond donors (Lipinski definition) is 1. The van der Waals surface area contributed by atoms with Gasteiger partial charge in [-0.1, -0.05) is 18.5 Å². The minimum absolute atomic E-state index is 0.364. The Bertz CT molecular complexity index is 1190. The van der Waals surface area contributed by atoms with E-state index in [0.717, 1.165) is 70.5 Å². The summed E-state index contributed by atoms with van der Waals surface area (Å²) in [6, 6.07) is 6.20. The Hall–Kier alpha value is -2.47. The largest absolute Gasteiger partial charge is 0.465 e. The standard InChI is InChI=1S/C25H35ClN6O4S/c1-4-21-17-31(24-23(26)13-20(15-28-24)29-37(3,34)35)11-12-32(21)22-7-9-30(10-8-22)16-19-6-5-18(14-27-19)25(33)36-2/h5-6,13-15,21-22,29H,4,7-12,16-17H2,1-3H3/t21-/m0/s1. The van der Waals surface area contributed by atoms with Crippen LogP contribution in [0.3, 0.4) is 0 Å². The van der Waals surface area contributed by atoms with Crippen LogP contribution in [-0.4, -0.2) is 92.3 Å². The second-order valence-electron chi connectivity index (χ2n) is 9.69. The van der Waals surface area contributed by atoms with E-state index in [9.17, 15) is 13.2 Å². The van der Waals surface area contributed by atoms with E-state index in [1.54, 1.807) is 18.3 Å². The molecule has 0 spiro atoms. The average Bonchev–Trinajstić information content (AvgIpc) is 2.88. The summed E-state index contributed by atoms with van der Waals surface area (Å²) < 4.78 is 30.2. The Balaban J connectivity index is 1.31. The number of likely N-dealkylation sites (tertiary alicyclic amines) is 1. The van der Waals surface area contributed by atoms with Crippen LogP contribution in [0.25, 0.3) is 0 Å². The molecular weight excluding hydrogens is 516 g/mol. The molecule has 0 amide bonds. The Kier molecular flexibility index (Phi) is 8.89. The summed E-state index contributed by atoms with van der Waals surface area (Å²) in [4.78, 5) is 27.8. The monoisotopic (exact) mass is 550 g/mol. The lowest BCUT2D eigenvalue weighted by Gasteiger charge is -2.47. The minimum Gasteiger partial charge on any atom is -0.465 e. The number of carbonyl (C=O) groups excluding carboxylic acids is 1. The van der Waals surface area contributed by atoms with E-state index in [1.807, 2.05) is 6.07 Å². The third-order valence-electron chi connectivity index (χ3n) is 7.08. The van der Waals surface area contributed by atoms with Crippen molar-refractivity contribution in [1.82, 2.24) is 19.8 Å². The van der Waals surface area contributed by atoms with Gasteiger partial charge in [-0.25, -0.2) is 18.2 Å². The molecule has 0 bridgehead atoms. The van der Waals surface area contributed by atoms with Gasteiger partial charge in [-0.15, -0.1) is 0 Å². The molecule has 4 heterocycles. The molecule has 2 aliphatic heterocycles. The summed E-state index contributed by atoms with van der Waals surface area (Å²) in [7, 11) is -2.02. The maximum Gasteiger partial charge on any atom is 0.339 e. The van der Waals surface area contributed by atoms with E-state index >= 15 is 0 Å². The van der Waals surface area contributed by atoms with Crippen molar-refractivity contribution in [2.45, 2.75) is 44.8 Å². The van der Waals surface area contributed by atoms with Crippen LogP contribution in [0.1, 0.15) is 42.2 Å². The molecule has 1 atom stereocenters. The fraction of sp³-hybridized carbons (Fsp3) is 0.560. The molecule has 0 unspecified atom stereocenters. The molecule has 2 aliphatic rings. The zero-order chi connectivity index (χ0) is 26.6. The summed E-state index contributed by atoms with van der Waals surface area (Å²) in [6.07, 6.45) is 7.42. The Morgan fingerprint density at radius 1 is 1.16 bits per heavy atom. The predicted octanol–water partition coefficient (Wildman–Crippen LogP) is 2.85. The molecule has 2 aromatic heterocycles. The van der Waals surface area contributed by atoms with Crippen molar-refractivity contribution in [3.63, 3.8) is 0 Å². The number of aromatic nitrogens is 2. The van der Waals surface area contributed by atoms with E-state index in [2.05, 4.69) is 36.3 Å². The highest BCUT2D eigenvalue weighted by Crippen LogP contribution is 2.30. The fourth-order valence-electron chi connectivity index (χ4n) is 5.23. The van der Waals surface area contributed by atoms with Crippen molar-refractivity contribution in [2.75, 3.05) is 55.7 Å². The van der Waals surface area contributed by atoms with Crippen molar-refractivity contribution >= 4 is 39.1 Å². The molecule has 37 heavy (non-hydrogen) atoms. The molecule has 10 nitrogen and oxygen atoms in total. The number of carbonyl (C=O) groups is 1. The quantitative estimate of drug-likeness (QED) is 0.496. The normalized spacial score (nSPS) is 20.1. The van der Waals surface area contributed by atoms with E-state index < -0.39 is 10.0 Å². The number of nitrogens with one attached hydrogen (secondary N) is 1. The Labute approximate surface area is 224 Å². The first kappa shape index (κ1) is 27.6. The van der Waals surface area contributed by atoms with E-state index in [0.29, 0.717) is 34.2 Å². The molecule has 2 fully saturated rings. The molecule has 12 heteroatoms. The number of rotatable bonds is 8. The van der Waals surface area contributed by atoms with E-state index in [1.165, 1.54) is 13.3 Å². The molecule has 1 N–H and O–H groups in total. The van der Waals surface area contributed by atoms with Crippen LogP contribution in [0.2, 0.25) is 5.02 Å². The zero-order valence-electron chi connectivity index (χ0n) is 21.6. The third kappa shape index (κ3) is 7.10. The first-order valence-corrected chi connectivity index (χ1v) is 14.8. The fourth-order valence-corrected chi connectivity index (χ4v) is 6.06. The highest BCUT2D eigenvalue weighted by molar-refractivity contribution is 7.92.